The van der Waals surface area contributed by atoms with Crippen LogP contribution in [0.25, 0.3) is 0 Å². The molecule has 0 aromatic carbocycles. The molecule has 1 aromatic heterocycles. The number of hydrogen-bond acceptors (Lipinski definition) is 3. The molecule has 0 saturated heterocycles. The summed E-state index contributed by atoms with van der Waals surface area (Å²) in [6, 6.07) is 2.19. The summed E-state index contributed by atoms with van der Waals surface area (Å²) < 4.78 is 0. The van der Waals surface area contributed by atoms with Gasteiger partial charge in [-0.15, -0.1) is 0 Å². The SMILES string of the molecule is CN(CCCCS)Cc1ccsc1. The van der Waals surface area contributed by atoms with Crippen LogP contribution in [0.4, 0.5) is 0 Å². The smallest absolute Gasteiger partial charge is 0.0238 e. The van der Waals surface area contributed by atoms with E-state index >= 15 is 0 Å². The Morgan fingerprint density at radius 1 is 1.46 bits per heavy atom. The number of unbranched alkanes of at least 4 members (excludes halogenated alkanes) is 1. The van der Waals surface area contributed by atoms with Crippen molar-refractivity contribution in [1.82, 2.24) is 4.90 Å². The van der Waals surface area contributed by atoms with E-state index in [1.807, 2.05) is 0 Å². The third kappa shape index (κ3) is 4.69. The van der Waals surface area contributed by atoms with Crippen molar-refractivity contribution >= 4 is 24.0 Å². The number of thiophene rings is 1. The van der Waals surface area contributed by atoms with Crippen molar-refractivity contribution in [3.63, 3.8) is 0 Å². The van der Waals surface area contributed by atoms with Gasteiger partial charge in [-0.3, -0.25) is 0 Å². The van der Waals surface area contributed by atoms with Crippen LogP contribution >= 0.6 is 24.0 Å². The van der Waals surface area contributed by atoms with Crippen molar-refractivity contribution in [2.75, 3.05) is 19.3 Å². The second-order valence-corrected chi connectivity index (χ2v) is 4.53. The van der Waals surface area contributed by atoms with Gasteiger partial charge in [0.2, 0.25) is 0 Å². The van der Waals surface area contributed by atoms with Gasteiger partial charge in [-0.2, -0.15) is 24.0 Å². The lowest BCUT2D eigenvalue weighted by molar-refractivity contribution is 0.321. The summed E-state index contributed by atoms with van der Waals surface area (Å²) in [5.41, 5.74) is 1.43. The Kier molecular flexibility index (Phi) is 5.51. The molecule has 0 atom stereocenters. The van der Waals surface area contributed by atoms with Gasteiger partial charge in [0.25, 0.3) is 0 Å². The van der Waals surface area contributed by atoms with E-state index in [2.05, 4.69) is 41.4 Å². The van der Waals surface area contributed by atoms with Gasteiger partial charge in [0.05, 0.1) is 0 Å². The highest BCUT2D eigenvalue weighted by Crippen LogP contribution is 2.08. The summed E-state index contributed by atoms with van der Waals surface area (Å²) in [7, 11) is 2.18. The minimum absolute atomic E-state index is 1.01. The molecule has 1 aromatic rings. The van der Waals surface area contributed by atoms with Gasteiger partial charge in [-0.05, 0) is 54.6 Å². The predicted octanol–water partition coefficient (Wildman–Crippen LogP) is 2.89. The van der Waals surface area contributed by atoms with Crippen molar-refractivity contribution < 1.29 is 0 Å². The van der Waals surface area contributed by atoms with Gasteiger partial charge in [-0.1, -0.05) is 0 Å². The fraction of sp³-hybridized carbons (Fsp3) is 0.600. The molecular weight excluding hydrogens is 198 g/mol. The highest BCUT2D eigenvalue weighted by molar-refractivity contribution is 7.80. The number of rotatable bonds is 6. The lowest BCUT2D eigenvalue weighted by Gasteiger charge is -2.14. The maximum Gasteiger partial charge on any atom is 0.0238 e. The highest BCUT2D eigenvalue weighted by atomic mass is 32.1. The zero-order valence-electron chi connectivity index (χ0n) is 8.07. The first-order valence-electron chi connectivity index (χ1n) is 4.63. The molecule has 1 rings (SSSR count). The van der Waals surface area contributed by atoms with Gasteiger partial charge in [-0.25, -0.2) is 0 Å². The Balaban J connectivity index is 2.14. The molecule has 0 bridgehead atoms. The lowest BCUT2D eigenvalue weighted by Crippen LogP contribution is -2.18. The van der Waals surface area contributed by atoms with Crippen LogP contribution in [0.3, 0.4) is 0 Å². The summed E-state index contributed by atoms with van der Waals surface area (Å²) in [5, 5.41) is 4.35. The number of nitrogens with zero attached hydrogens (tertiary/aromatic N) is 1. The molecule has 74 valence electrons. The second kappa shape index (κ2) is 6.46. The Hall–Kier alpha value is 0.01000. The molecule has 0 saturated carbocycles. The fourth-order valence-electron chi connectivity index (χ4n) is 1.27. The number of thiol groups is 1. The number of hydrogen-bond donors (Lipinski definition) is 1. The van der Waals surface area contributed by atoms with Gasteiger partial charge in [0.15, 0.2) is 0 Å². The maximum atomic E-state index is 4.20. The van der Waals surface area contributed by atoms with Crippen LogP contribution in [0.1, 0.15) is 18.4 Å². The van der Waals surface area contributed by atoms with E-state index in [0.717, 1.165) is 12.3 Å². The van der Waals surface area contributed by atoms with Crippen molar-refractivity contribution in [2.24, 2.45) is 0 Å². The van der Waals surface area contributed by atoms with Crippen molar-refractivity contribution in [3.8, 4) is 0 Å². The third-order valence-electron chi connectivity index (χ3n) is 1.98. The topological polar surface area (TPSA) is 3.24 Å². The van der Waals surface area contributed by atoms with Crippen molar-refractivity contribution in [1.29, 1.82) is 0 Å². The predicted molar refractivity (Wildman–Crippen MR) is 63.7 cm³/mol. The highest BCUT2D eigenvalue weighted by Gasteiger charge is 1.99. The van der Waals surface area contributed by atoms with Crippen LogP contribution in [0.5, 0.6) is 0 Å². The van der Waals surface area contributed by atoms with Gasteiger partial charge in [0, 0.05) is 6.54 Å². The van der Waals surface area contributed by atoms with Crippen LogP contribution in [-0.4, -0.2) is 24.2 Å². The van der Waals surface area contributed by atoms with Crippen molar-refractivity contribution in [2.45, 2.75) is 19.4 Å². The average Bonchev–Trinajstić information content (AvgIpc) is 2.57. The van der Waals surface area contributed by atoms with E-state index < -0.39 is 0 Å². The molecule has 1 heterocycles. The summed E-state index contributed by atoms with van der Waals surface area (Å²) in [6.45, 7) is 2.26. The molecule has 0 amide bonds. The molecule has 13 heavy (non-hydrogen) atoms. The third-order valence-corrected chi connectivity index (χ3v) is 3.03. The monoisotopic (exact) mass is 215 g/mol. The standard InChI is InChI=1S/C10H17NS2/c1-11(5-2-3-6-12)8-10-4-7-13-9-10/h4,7,9,12H,2-3,5-6,8H2,1H3. The molecule has 0 spiro atoms. The average molecular weight is 215 g/mol. The maximum absolute atomic E-state index is 4.20. The summed E-state index contributed by atoms with van der Waals surface area (Å²) in [5.74, 6) is 1.01. The largest absolute Gasteiger partial charge is 0.302 e. The summed E-state index contributed by atoms with van der Waals surface area (Å²) in [4.78, 5) is 2.37. The quantitative estimate of drug-likeness (QED) is 0.564. The lowest BCUT2D eigenvalue weighted by atomic mass is 10.3. The zero-order valence-corrected chi connectivity index (χ0v) is 9.78. The van der Waals surface area contributed by atoms with E-state index in [9.17, 15) is 0 Å². The first-order chi connectivity index (χ1) is 6.33. The van der Waals surface area contributed by atoms with Gasteiger partial charge < -0.3 is 4.90 Å². The van der Waals surface area contributed by atoms with Gasteiger partial charge in [0.1, 0.15) is 0 Å². The van der Waals surface area contributed by atoms with Crippen LogP contribution in [0, 0.1) is 0 Å². The molecule has 0 aliphatic carbocycles. The summed E-state index contributed by atoms with van der Waals surface area (Å²) >= 11 is 5.97. The Morgan fingerprint density at radius 3 is 2.92 bits per heavy atom. The molecule has 3 heteroatoms. The first kappa shape index (κ1) is 11.1. The molecule has 0 radical (unpaired) electrons. The van der Waals surface area contributed by atoms with E-state index in [1.54, 1.807) is 11.3 Å². The molecular formula is C10H17NS2. The molecule has 0 N–H and O–H groups in total. The zero-order chi connectivity index (χ0) is 9.52. The molecule has 0 fully saturated rings. The van der Waals surface area contributed by atoms with E-state index in [4.69, 9.17) is 0 Å². The molecule has 0 aliphatic rings. The Bertz CT molecular complexity index is 209. The molecule has 0 aliphatic heterocycles. The van der Waals surface area contributed by atoms with Gasteiger partial charge >= 0.3 is 0 Å². The van der Waals surface area contributed by atoms with Crippen LogP contribution < -0.4 is 0 Å². The van der Waals surface area contributed by atoms with E-state index in [1.165, 1.54) is 24.9 Å². The first-order valence-corrected chi connectivity index (χ1v) is 6.21. The minimum Gasteiger partial charge on any atom is -0.302 e. The van der Waals surface area contributed by atoms with E-state index in [-0.39, 0.29) is 0 Å². The van der Waals surface area contributed by atoms with Crippen molar-refractivity contribution in [3.05, 3.63) is 22.4 Å². The van der Waals surface area contributed by atoms with Crippen LogP contribution in [0.15, 0.2) is 16.8 Å². The molecule has 0 unspecified atom stereocenters. The van der Waals surface area contributed by atoms with Crippen LogP contribution in [0.2, 0.25) is 0 Å². The fourth-order valence-corrected chi connectivity index (χ4v) is 2.15. The normalized spacial score (nSPS) is 11.0. The molecule has 1 nitrogen and oxygen atoms in total. The minimum atomic E-state index is 1.01. The van der Waals surface area contributed by atoms with E-state index in [0.29, 0.717) is 0 Å². The second-order valence-electron chi connectivity index (χ2n) is 3.30. The van der Waals surface area contributed by atoms with Crippen LogP contribution in [-0.2, 0) is 6.54 Å². The Morgan fingerprint density at radius 2 is 2.31 bits per heavy atom. The summed E-state index contributed by atoms with van der Waals surface area (Å²) in [6.07, 6.45) is 2.47. The Labute approximate surface area is 90.2 Å².